The van der Waals surface area contributed by atoms with Crippen molar-refractivity contribution in [2.45, 2.75) is 103 Å². The van der Waals surface area contributed by atoms with Crippen molar-refractivity contribution in [3.8, 4) is 0 Å². The number of ether oxygens (including phenoxy) is 3. The lowest BCUT2D eigenvalue weighted by Gasteiger charge is -2.30. The number of oxazole rings is 1. The summed E-state index contributed by atoms with van der Waals surface area (Å²) in [7, 11) is 1.32. The fourth-order valence-electron chi connectivity index (χ4n) is 5.45. The van der Waals surface area contributed by atoms with E-state index in [9.17, 15) is 24.9 Å². The number of hydrogen-bond donors (Lipinski definition) is 3. The minimum atomic E-state index is -0.988. The van der Waals surface area contributed by atoms with Gasteiger partial charge in [0.2, 0.25) is 0 Å². The van der Waals surface area contributed by atoms with Crippen LogP contribution in [0.5, 0.6) is 0 Å². The molecule has 10 nitrogen and oxygen atoms in total. The van der Waals surface area contributed by atoms with E-state index in [1.807, 2.05) is 44.2 Å². The molecule has 0 amide bonds. The number of aliphatic hydroxyl groups is 3. The van der Waals surface area contributed by atoms with Gasteiger partial charge in [0, 0.05) is 37.7 Å². The Morgan fingerprint density at radius 2 is 1.98 bits per heavy atom. The predicted molar refractivity (Wildman–Crippen MR) is 170 cm³/mol. The lowest BCUT2D eigenvalue weighted by Crippen LogP contribution is -2.40. The van der Waals surface area contributed by atoms with E-state index in [-0.39, 0.29) is 30.8 Å². The molecule has 0 saturated carbocycles. The van der Waals surface area contributed by atoms with Crippen LogP contribution in [-0.2, 0) is 23.8 Å². The zero-order chi connectivity index (χ0) is 33.3. The first-order valence-corrected chi connectivity index (χ1v) is 15.5. The fraction of sp³-hybridized carbons (Fsp3) is 0.571. The van der Waals surface area contributed by atoms with E-state index in [1.165, 1.54) is 13.2 Å². The van der Waals surface area contributed by atoms with Gasteiger partial charge < -0.3 is 33.9 Å². The monoisotopic (exact) mass is 627 g/mol. The van der Waals surface area contributed by atoms with Gasteiger partial charge >= 0.3 is 11.9 Å². The van der Waals surface area contributed by atoms with Gasteiger partial charge in [-0.25, -0.2) is 9.78 Å². The Balaban J connectivity index is 1.79. The smallest absolute Gasteiger partial charge is 0.330 e. The second-order valence-corrected chi connectivity index (χ2v) is 12.5. The Labute approximate surface area is 266 Å². The topological polar surface area (TPSA) is 152 Å². The molecular formula is C35H49NO9. The van der Waals surface area contributed by atoms with Gasteiger partial charge in [0.25, 0.3) is 0 Å². The van der Waals surface area contributed by atoms with Crippen molar-refractivity contribution in [2.24, 2.45) is 17.8 Å². The molecule has 1 saturated heterocycles. The molecule has 45 heavy (non-hydrogen) atoms. The summed E-state index contributed by atoms with van der Waals surface area (Å²) in [5, 5.41) is 33.3. The summed E-state index contributed by atoms with van der Waals surface area (Å²) in [5.74, 6) is -1.48. The van der Waals surface area contributed by atoms with Crippen LogP contribution in [0.1, 0.15) is 71.9 Å². The second-order valence-electron chi connectivity index (χ2n) is 12.5. The molecule has 1 aromatic rings. The number of allylic oxidation sites excluding steroid dienone is 5. The van der Waals surface area contributed by atoms with Crippen LogP contribution in [-0.4, -0.2) is 75.5 Å². The number of carbonyl (C=O) groups excluding carboxylic acids is 2. The van der Waals surface area contributed by atoms with Gasteiger partial charge in [0.1, 0.15) is 29.8 Å². The zero-order valence-electron chi connectivity index (χ0n) is 27.4. The summed E-state index contributed by atoms with van der Waals surface area (Å²) < 4.78 is 21.7. The molecule has 0 bridgehead atoms. The number of methoxy groups -OCH3 is 1. The summed E-state index contributed by atoms with van der Waals surface area (Å²) in [6, 6.07) is 0. The van der Waals surface area contributed by atoms with Crippen LogP contribution in [0.15, 0.2) is 64.4 Å². The number of hydrogen-bond acceptors (Lipinski definition) is 10. The molecule has 9 atom stereocenters. The van der Waals surface area contributed by atoms with Crippen LogP contribution in [0.3, 0.4) is 0 Å². The molecule has 1 fully saturated rings. The van der Waals surface area contributed by atoms with Crippen LogP contribution in [0, 0.1) is 24.7 Å². The molecular weight excluding hydrogens is 578 g/mol. The van der Waals surface area contributed by atoms with Crippen LogP contribution in [0.4, 0.5) is 0 Å². The Morgan fingerprint density at radius 1 is 1.24 bits per heavy atom. The molecule has 3 heterocycles. The molecule has 3 N–H and O–H groups in total. The highest BCUT2D eigenvalue weighted by molar-refractivity contribution is 5.82. The van der Waals surface area contributed by atoms with Gasteiger partial charge in [-0.3, -0.25) is 4.79 Å². The maximum atomic E-state index is 13.0. The number of aliphatic hydroxyl groups excluding tert-OH is 3. The van der Waals surface area contributed by atoms with E-state index in [1.54, 1.807) is 46.1 Å². The highest BCUT2D eigenvalue weighted by atomic mass is 16.6. The minimum absolute atomic E-state index is 0.0455. The predicted octanol–water partition coefficient (Wildman–Crippen LogP) is 4.79. The minimum Gasteiger partial charge on any atom is -0.469 e. The standard InChI is InChI=1S/C35H49NO9/c1-21(16-27-20-43-25(5)36-27)10-8-11-23(3)34(41)24(4)29-19-30(38)35(6)31(45-35)15-14-22(2)28(37)17-26(18-33(40)42-7)12-9-13-32(39)44-29/h8-11,13-16,20,22,24,26,28-31,34,37-38,41H,12,17-19H2,1-7H3/b10-8+,13-9?,15-14?,21-16+,23-11+/t22-,24+,26-,28?,29?,30+,31-,34+,35?/m1/s1. The number of aromatic nitrogens is 1. The summed E-state index contributed by atoms with van der Waals surface area (Å²) >= 11 is 0. The van der Waals surface area contributed by atoms with E-state index in [2.05, 4.69) is 4.98 Å². The molecule has 0 radical (unpaired) electrons. The van der Waals surface area contributed by atoms with Crippen molar-refractivity contribution >= 4 is 18.0 Å². The highest BCUT2D eigenvalue weighted by Crippen LogP contribution is 2.43. The summed E-state index contributed by atoms with van der Waals surface area (Å²) in [4.78, 5) is 29.2. The third kappa shape index (κ3) is 10.6. The molecule has 0 aromatic carbocycles. The second kappa shape index (κ2) is 16.3. The van der Waals surface area contributed by atoms with Crippen LogP contribution in [0.25, 0.3) is 6.08 Å². The third-order valence-electron chi connectivity index (χ3n) is 8.73. The van der Waals surface area contributed by atoms with Gasteiger partial charge in [-0.15, -0.1) is 0 Å². The summed E-state index contributed by atoms with van der Waals surface area (Å²) in [6.45, 7) is 10.9. The van der Waals surface area contributed by atoms with Gasteiger partial charge in [-0.2, -0.15) is 0 Å². The molecule has 10 heteroatoms. The third-order valence-corrected chi connectivity index (χ3v) is 8.73. The molecule has 3 unspecified atom stereocenters. The van der Waals surface area contributed by atoms with E-state index >= 15 is 0 Å². The lowest BCUT2D eigenvalue weighted by molar-refractivity contribution is -0.150. The first-order valence-electron chi connectivity index (χ1n) is 15.5. The van der Waals surface area contributed by atoms with Crippen LogP contribution < -0.4 is 0 Å². The molecule has 2 aliphatic heterocycles. The summed E-state index contributed by atoms with van der Waals surface area (Å²) in [6.07, 6.45) is 12.5. The van der Waals surface area contributed by atoms with Crippen molar-refractivity contribution in [3.05, 3.63) is 71.5 Å². The zero-order valence-corrected chi connectivity index (χ0v) is 27.4. The quantitative estimate of drug-likeness (QED) is 0.159. The maximum absolute atomic E-state index is 13.0. The van der Waals surface area contributed by atoms with E-state index in [4.69, 9.17) is 18.6 Å². The maximum Gasteiger partial charge on any atom is 0.330 e. The molecule has 248 valence electrons. The Hall–Kier alpha value is -3.31. The lowest BCUT2D eigenvalue weighted by atomic mass is 9.86. The number of nitrogens with zero attached hydrogens (tertiary/aromatic N) is 1. The van der Waals surface area contributed by atoms with Gasteiger partial charge in [-0.05, 0) is 56.8 Å². The first kappa shape index (κ1) is 36.2. The average Bonchev–Trinajstić information content (AvgIpc) is 3.50. The van der Waals surface area contributed by atoms with Crippen molar-refractivity contribution in [2.75, 3.05) is 7.11 Å². The molecule has 0 spiro atoms. The highest BCUT2D eigenvalue weighted by Gasteiger charge is 2.56. The molecule has 3 rings (SSSR count). The number of fused-ring (bicyclic) bond motifs is 1. The number of rotatable bonds is 8. The van der Waals surface area contributed by atoms with Gasteiger partial charge in [0.05, 0.1) is 25.4 Å². The Kier molecular flexibility index (Phi) is 13.1. The van der Waals surface area contributed by atoms with E-state index < -0.39 is 47.9 Å². The Bertz CT molecular complexity index is 1310. The van der Waals surface area contributed by atoms with Crippen LogP contribution >= 0.6 is 0 Å². The number of carbonyl (C=O) groups is 2. The van der Waals surface area contributed by atoms with Crippen LogP contribution in [0.2, 0.25) is 0 Å². The molecule has 1 aromatic heterocycles. The number of esters is 2. The van der Waals surface area contributed by atoms with Crippen molar-refractivity contribution in [1.82, 2.24) is 4.98 Å². The normalized spacial score (nSPS) is 31.7. The van der Waals surface area contributed by atoms with Gasteiger partial charge in [-0.1, -0.05) is 50.3 Å². The molecule has 2 aliphatic rings. The first-order chi connectivity index (χ1) is 21.2. The summed E-state index contributed by atoms with van der Waals surface area (Å²) in [5.41, 5.74) is 1.41. The largest absolute Gasteiger partial charge is 0.469 e. The number of aryl methyl sites for hydroxylation is 1. The van der Waals surface area contributed by atoms with Crippen molar-refractivity contribution in [1.29, 1.82) is 0 Å². The SMILES string of the molecule is COC(=O)C[C@@H]1CC=CC(=O)OC([C@H](C)[C@@H](O)/C(C)=C/C=C/C(C)=C/c2coc(C)n2)C[C@H](O)C2(C)O[C@@H]2C=C[C@@H](C)C(O)C1. The average molecular weight is 628 g/mol. The number of epoxide rings is 1. The van der Waals surface area contributed by atoms with E-state index in [0.29, 0.717) is 24.3 Å². The number of cyclic esters (lactones) is 1. The van der Waals surface area contributed by atoms with E-state index in [0.717, 1.165) is 11.3 Å². The molecule has 0 aliphatic carbocycles. The van der Waals surface area contributed by atoms with Crippen molar-refractivity contribution in [3.63, 3.8) is 0 Å². The fourth-order valence-corrected chi connectivity index (χ4v) is 5.45. The van der Waals surface area contributed by atoms with Gasteiger partial charge in [0.15, 0.2) is 5.89 Å². The van der Waals surface area contributed by atoms with Crippen molar-refractivity contribution < 1.29 is 43.5 Å². The Morgan fingerprint density at radius 3 is 2.64 bits per heavy atom.